The number of benzene rings is 2. The summed E-state index contributed by atoms with van der Waals surface area (Å²) >= 11 is 0. The van der Waals surface area contributed by atoms with Crippen molar-refractivity contribution in [1.82, 2.24) is 0 Å². The second-order valence-corrected chi connectivity index (χ2v) is 5.02. The van der Waals surface area contributed by atoms with Crippen molar-refractivity contribution in [2.75, 3.05) is 6.61 Å². The molecule has 2 aromatic rings. The van der Waals surface area contributed by atoms with Crippen LogP contribution < -0.4 is 9.47 Å². The first-order valence-electron chi connectivity index (χ1n) is 7.18. The zero-order valence-electron chi connectivity index (χ0n) is 13.3. The summed E-state index contributed by atoms with van der Waals surface area (Å²) in [6.07, 6.45) is 0. The Balaban J connectivity index is 2.35. The van der Waals surface area contributed by atoms with Crippen molar-refractivity contribution in [2.45, 2.75) is 20.5 Å². The van der Waals surface area contributed by atoms with Gasteiger partial charge in [0.1, 0.15) is 18.1 Å². The number of ether oxygens (including phenoxy) is 2. The van der Waals surface area contributed by atoms with E-state index in [1.807, 2.05) is 0 Å². The molecule has 0 aliphatic heterocycles. The van der Waals surface area contributed by atoms with Crippen LogP contribution in [0.2, 0.25) is 0 Å². The SMILES string of the molecule is CCOc1cc(OCc2c(F)c(F)c(F)c(F)c2F)cc(C(C)=O)c1. The Morgan fingerprint density at radius 1 is 0.840 bits per heavy atom. The largest absolute Gasteiger partial charge is 0.494 e. The van der Waals surface area contributed by atoms with E-state index in [2.05, 4.69) is 0 Å². The molecule has 25 heavy (non-hydrogen) atoms. The lowest BCUT2D eigenvalue weighted by atomic mass is 10.1. The molecule has 0 aliphatic carbocycles. The summed E-state index contributed by atoms with van der Waals surface area (Å²) in [6.45, 7) is 2.37. The summed E-state index contributed by atoms with van der Waals surface area (Å²) in [7, 11) is 0. The molecule has 134 valence electrons. The van der Waals surface area contributed by atoms with Gasteiger partial charge in [-0.05, 0) is 26.0 Å². The van der Waals surface area contributed by atoms with Crippen LogP contribution in [0, 0.1) is 29.1 Å². The second-order valence-electron chi connectivity index (χ2n) is 5.02. The molecule has 0 radical (unpaired) electrons. The van der Waals surface area contributed by atoms with E-state index in [1.54, 1.807) is 6.92 Å². The van der Waals surface area contributed by atoms with Crippen molar-refractivity contribution in [3.63, 3.8) is 0 Å². The average molecular weight is 360 g/mol. The molecular formula is C17H13F5O3. The highest BCUT2D eigenvalue weighted by atomic mass is 19.2. The summed E-state index contributed by atoms with van der Waals surface area (Å²) in [5, 5.41) is 0. The number of hydrogen-bond donors (Lipinski definition) is 0. The Morgan fingerprint density at radius 2 is 1.32 bits per heavy atom. The smallest absolute Gasteiger partial charge is 0.200 e. The minimum Gasteiger partial charge on any atom is -0.494 e. The number of rotatable bonds is 6. The zero-order valence-corrected chi connectivity index (χ0v) is 13.3. The quantitative estimate of drug-likeness (QED) is 0.328. The molecule has 0 N–H and O–H groups in total. The maximum Gasteiger partial charge on any atom is 0.200 e. The van der Waals surface area contributed by atoms with Crippen LogP contribution >= 0.6 is 0 Å². The van der Waals surface area contributed by atoms with Gasteiger partial charge in [0.2, 0.25) is 5.82 Å². The first-order valence-corrected chi connectivity index (χ1v) is 7.18. The fourth-order valence-electron chi connectivity index (χ4n) is 2.04. The first kappa shape index (κ1) is 18.7. The van der Waals surface area contributed by atoms with Crippen LogP contribution in [0.4, 0.5) is 22.0 Å². The maximum absolute atomic E-state index is 13.6. The van der Waals surface area contributed by atoms with Gasteiger partial charge in [-0.2, -0.15) is 0 Å². The molecule has 0 saturated heterocycles. The predicted octanol–water partition coefficient (Wildman–Crippen LogP) is 4.56. The van der Waals surface area contributed by atoms with Crippen LogP contribution in [-0.4, -0.2) is 12.4 Å². The van der Waals surface area contributed by atoms with E-state index in [0.29, 0.717) is 6.61 Å². The van der Waals surface area contributed by atoms with Crippen molar-refractivity contribution >= 4 is 5.78 Å². The third-order valence-corrected chi connectivity index (χ3v) is 3.28. The summed E-state index contributed by atoms with van der Waals surface area (Å²) in [6, 6.07) is 4.05. The van der Waals surface area contributed by atoms with E-state index in [1.165, 1.54) is 25.1 Å². The minimum absolute atomic E-state index is 0.0138. The van der Waals surface area contributed by atoms with Gasteiger partial charge >= 0.3 is 0 Å². The number of Topliss-reactive ketones (excluding diaryl/α,β-unsaturated/α-hetero) is 1. The summed E-state index contributed by atoms with van der Waals surface area (Å²) in [5.74, 6) is -10.3. The number of carbonyl (C=O) groups excluding carboxylic acids is 1. The van der Waals surface area contributed by atoms with Crippen molar-refractivity contribution in [1.29, 1.82) is 0 Å². The lowest BCUT2D eigenvalue weighted by molar-refractivity contribution is 0.101. The summed E-state index contributed by atoms with van der Waals surface area (Å²) in [5.41, 5.74) is -0.902. The molecule has 0 amide bonds. The fourth-order valence-corrected chi connectivity index (χ4v) is 2.04. The molecule has 0 unspecified atom stereocenters. The summed E-state index contributed by atoms with van der Waals surface area (Å²) in [4.78, 5) is 11.5. The van der Waals surface area contributed by atoms with Crippen LogP contribution in [0.15, 0.2) is 18.2 Å². The highest BCUT2D eigenvalue weighted by Gasteiger charge is 2.26. The van der Waals surface area contributed by atoms with Crippen molar-refractivity contribution in [2.24, 2.45) is 0 Å². The number of ketones is 1. The Labute approximate surface area is 140 Å². The minimum atomic E-state index is -2.24. The van der Waals surface area contributed by atoms with E-state index in [0.717, 1.165) is 0 Å². The fraction of sp³-hybridized carbons (Fsp3) is 0.235. The molecule has 0 bridgehead atoms. The van der Waals surface area contributed by atoms with E-state index >= 15 is 0 Å². The third kappa shape index (κ3) is 3.89. The van der Waals surface area contributed by atoms with Gasteiger partial charge in [-0.15, -0.1) is 0 Å². The average Bonchev–Trinajstić information content (AvgIpc) is 2.58. The second kappa shape index (κ2) is 7.50. The van der Waals surface area contributed by atoms with Crippen molar-refractivity contribution in [3.05, 3.63) is 58.4 Å². The van der Waals surface area contributed by atoms with Gasteiger partial charge in [0.25, 0.3) is 0 Å². The van der Waals surface area contributed by atoms with E-state index in [4.69, 9.17) is 9.47 Å². The molecule has 0 fully saturated rings. The zero-order chi connectivity index (χ0) is 18.7. The van der Waals surface area contributed by atoms with E-state index in [-0.39, 0.29) is 22.8 Å². The van der Waals surface area contributed by atoms with Crippen LogP contribution in [-0.2, 0) is 6.61 Å². The number of carbonyl (C=O) groups is 1. The van der Waals surface area contributed by atoms with Gasteiger partial charge in [0.15, 0.2) is 29.1 Å². The van der Waals surface area contributed by atoms with Crippen molar-refractivity contribution < 1.29 is 36.2 Å². The lowest BCUT2D eigenvalue weighted by Gasteiger charge is -2.12. The van der Waals surface area contributed by atoms with Crippen LogP contribution in [0.3, 0.4) is 0 Å². The van der Waals surface area contributed by atoms with Crippen LogP contribution in [0.5, 0.6) is 11.5 Å². The highest BCUT2D eigenvalue weighted by molar-refractivity contribution is 5.94. The van der Waals surface area contributed by atoms with Crippen LogP contribution in [0.25, 0.3) is 0 Å². The Hall–Kier alpha value is -2.64. The van der Waals surface area contributed by atoms with Gasteiger partial charge in [-0.1, -0.05) is 0 Å². The normalized spacial score (nSPS) is 10.7. The van der Waals surface area contributed by atoms with E-state index < -0.39 is 41.3 Å². The third-order valence-electron chi connectivity index (χ3n) is 3.28. The highest BCUT2D eigenvalue weighted by Crippen LogP contribution is 2.27. The standard InChI is InChI=1S/C17H13F5O3/c1-3-24-10-4-9(8(2)23)5-11(6-10)25-7-12-13(18)15(20)17(22)16(21)14(12)19/h4-6H,3,7H2,1-2H3. The molecule has 0 aromatic heterocycles. The van der Waals surface area contributed by atoms with E-state index in [9.17, 15) is 26.7 Å². The number of hydrogen-bond acceptors (Lipinski definition) is 3. The molecule has 0 atom stereocenters. The van der Waals surface area contributed by atoms with Gasteiger partial charge < -0.3 is 9.47 Å². The molecule has 2 aromatic carbocycles. The predicted molar refractivity (Wildman–Crippen MR) is 78.2 cm³/mol. The molecular weight excluding hydrogens is 347 g/mol. The Morgan fingerprint density at radius 3 is 1.80 bits per heavy atom. The molecule has 2 rings (SSSR count). The monoisotopic (exact) mass is 360 g/mol. The molecule has 0 aliphatic rings. The lowest BCUT2D eigenvalue weighted by Crippen LogP contribution is -2.10. The molecule has 3 nitrogen and oxygen atoms in total. The van der Waals surface area contributed by atoms with Gasteiger partial charge in [0, 0.05) is 11.6 Å². The van der Waals surface area contributed by atoms with Gasteiger partial charge in [0.05, 0.1) is 12.2 Å². The molecule has 0 spiro atoms. The maximum atomic E-state index is 13.6. The molecule has 8 heteroatoms. The Bertz CT molecular complexity index is 791. The van der Waals surface area contributed by atoms with Gasteiger partial charge in [-0.3, -0.25) is 4.79 Å². The van der Waals surface area contributed by atoms with Crippen LogP contribution in [0.1, 0.15) is 29.8 Å². The summed E-state index contributed by atoms with van der Waals surface area (Å²) < 4.78 is 77.0. The molecule has 0 saturated carbocycles. The van der Waals surface area contributed by atoms with Crippen molar-refractivity contribution in [3.8, 4) is 11.5 Å². The molecule has 0 heterocycles. The first-order chi connectivity index (χ1) is 11.8. The number of halogens is 5. The Kier molecular flexibility index (Phi) is 5.61. The topological polar surface area (TPSA) is 35.5 Å². The van der Waals surface area contributed by atoms with Gasteiger partial charge in [-0.25, -0.2) is 22.0 Å².